The Labute approximate surface area is 151 Å². The van der Waals surface area contributed by atoms with Crippen LogP contribution in [0.25, 0.3) is 0 Å². The number of hydrogen-bond donors (Lipinski definition) is 0. The summed E-state index contributed by atoms with van der Waals surface area (Å²) in [6.07, 6.45) is 6.98. The lowest BCUT2D eigenvalue weighted by Crippen LogP contribution is -2.50. The molecule has 25 heavy (non-hydrogen) atoms. The molecule has 1 aromatic rings. The van der Waals surface area contributed by atoms with Crippen LogP contribution < -0.4 is 0 Å². The molecule has 0 spiro atoms. The fraction of sp³-hybridized carbons (Fsp3) is 0.619. The van der Waals surface area contributed by atoms with Gasteiger partial charge in [0, 0.05) is 38.2 Å². The van der Waals surface area contributed by atoms with Gasteiger partial charge in [0.1, 0.15) is 0 Å². The lowest BCUT2D eigenvalue weighted by Gasteiger charge is -2.35. The highest BCUT2D eigenvalue weighted by Gasteiger charge is 2.26. The summed E-state index contributed by atoms with van der Waals surface area (Å²) in [5.41, 5.74) is 3.00. The number of piperazine rings is 1. The van der Waals surface area contributed by atoms with Gasteiger partial charge in [-0.25, -0.2) is 0 Å². The number of aryl methyl sites for hydroxylation is 1. The van der Waals surface area contributed by atoms with Gasteiger partial charge in [0.05, 0.1) is 0 Å². The summed E-state index contributed by atoms with van der Waals surface area (Å²) < 4.78 is 0. The highest BCUT2D eigenvalue weighted by molar-refractivity contribution is 5.96. The molecule has 1 aromatic carbocycles. The molecule has 1 saturated carbocycles. The normalized spacial score (nSPS) is 18.6. The maximum absolute atomic E-state index is 12.8. The molecule has 2 aliphatic rings. The van der Waals surface area contributed by atoms with Gasteiger partial charge in [-0.05, 0) is 43.4 Å². The third kappa shape index (κ3) is 4.23. The summed E-state index contributed by atoms with van der Waals surface area (Å²) in [6.45, 7) is 6.65. The minimum absolute atomic E-state index is 0.0965. The molecular formula is C21H30N2O2. The monoisotopic (exact) mass is 342 g/mol. The molecule has 2 amide bonds. The SMILES string of the molecule is Cc1cccc(C(=O)N2CCN(C(=O)CCC3CCCC3)CC2)c1C. The van der Waals surface area contributed by atoms with Crippen molar-refractivity contribution in [2.75, 3.05) is 26.2 Å². The van der Waals surface area contributed by atoms with Crippen LogP contribution in [0.15, 0.2) is 18.2 Å². The molecular weight excluding hydrogens is 312 g/mol. The van der Waals surface area contributed by atoms with Gasteiger partial charge in [-0.3, -0.25) is 9.59 Å². The van der Waals surface area contributed by atoms with Crippen molar-refractivity contribution >= 4 is 11.8 Å². The van der Waals surface area contributed by atoms with Crippen LogP contribution in [0, 0.1) is 19.8 Å². The molecule has 4 nitrogen and oxygen atoms in total. The largest absolute Gasteiger partial charge is 0.339 e. The topological polar surface area (TPSA) is 40.6 Å². The predicted octanol–water partition coefficient (Wildman–Crippen LogP) is 3.56. The molecule has 0 atom stereocenters. The van der Waals surface area contributed by atoms with Crippen molar-refractivity contribution in [3.63, 3.8) is 0 Å². The minimum atomic E-state index is 0.0965. The Balaban J connectivity index is 1.50. The quantitative estimate of drug-likeness (QED) is 0.839. The van der Waals surface area contributed by atoms with Crippen molar-refractivity contribution in [3.8, 4) is 0 Å². The van der Waals surface area contributed by atoms with Crippen molar-refractivity contribution in [3.05, 3.63) is 34.9 Å². The van der Waals surface area contributed by atoms with Crippen LogP contribution >= 0.6 is 0 Å². The molecule has 2 fully saturated rings. The standard InChI is InChI=1S/C21H30N2O2/c1-16-6-5-9-19(17(16)2)21(25)23-14-12-22(13-15-23)20(24)11-10-18-7-3-4-8-18/h5-6,9,18H,3-4,7-8,10-15H2,1-2H3. The lowest BCUT2D eigenvalue weighted by molar-refractivity contribution is -0.133. The van der Waals surface area contributed by atoms with Gasteiger partial charge in [0.15, 0.2) is 0 Å². The second-order valence-corrected chi connectivity index (χ2v) is 7.61. The van der Waals surface area contributed by atoms with Gasteiger partial charge in [-0.1, -0.05) is 37.8 Å². The summed E-state index contributed by atoms with van der Waals surface area (Å²) in [7, 11) is 0. The van der Waals surface area contributed by atoms with Crippen molar-refractivity contribution < 1.29 is 9.59 Å². The second-order valence-electron chi connectivity index (χ2n) is 7.61. The van der Waals surface area contributed by atoms with E-state index < -0.39 is 0 Å². The Morgan fingerprint density at radius 1 is 1.00 bits per heavy atom. The van der Waals surface area contributed by atoms with Crippen LogP contribution in [0.1, 0.15) is 60.0 Å². The Hall–Kier alpha value is -1.84. The highest BCUT2D eigenvalue weighted by atomic mass is 16.2. The van der Waals surface area contributed by atoms with E-state index in [1.54, 1.807) is 0 Å². The van der Waals surface area contributed by atoms with E-state index in [0.29, 0.717) is 32.6 Å². The van der Waals surface area contributed by atoms with E-state index in [2.05, 4.69) is 0 Å². The van der Waals surface area contributed by atoms with Gasteiger partial charge >= 0.3 is 0 Å². The first-order valence-electron chi connectivity index (χ1n) is 9.69. The van der Waals surface area contributed by atoms with Crippen LogP contribution in [0.5, 0.6) is 0 Å². The highest BCUT2D eigenvalue weighted by Crippen LogP contribution is 2.28. The Kier molecular flexibility index (Phi) is 5.77. The Morgan fingerprint density at radius 2 is 1.64 bits per heavy atom. The summed E-state index contributed by atoms with van der Waals surface area (Å²) in [6, 6.07) is 5.88. The Bertz CT molecular complexity index is 627. The molecule has 1 aliphatic heterocycles. The zero-order valence-electron chi connectivity index (χ0n) is 15.6. The van der Waals surface area contributed by atoms with Crippen molar-refractivity contribution in [1.29, 1.82) is 0 Å². The van der Waals surface area contributed by atoms with Crippen molar-refractivity contribution in [2.24, 2.45) is 5.92 Å². The van der Waals surface area contributed by atoms with Gasteiger partial charge < -0.3 is 9.80 Å². The zero-order valence-corrected chi connectivity index (χ0v) is 15.6. The number of rotatable bonds is 4. The molecule has 1 heterocycles. The fourth-order valence-corrected chi connectivity index (χ4v) is 4.10. The predicted molar refractivity (Wildman–Crippen MR) is 99.6 cm³/mol. The van der Waals surface area contributed by atoms with E-state index in [-0.39, 0.29) is 11.8 Å². The Morgan fingerprint density at radius 3 is 2.32 bits per heavy atom. The lowest BCUT2D eigenvalue weighted by atomic mass is 10.0. The van der Waals surface area contributed by atoms with E-state index in [1.165, 1.54) is 25.7 Å². The van der Waals surface area contributed by atoms with Gasteiger partial charge in [0.25, 0.3) is 5.91 Å². The van der Waals surface area contributed by atoms with Crippen LogP contribution in [0.3, 0.4) is 0 Å². The fourth-order valence-electron chi connectivity index (χ4n) is 4.10. The smallest absolute Gasteiger partial charge is 0.254 e. The van der Waals surface area contributed by atoms with E-state index in [9.17, 15) is 9.59 Å². The van der Waals surface area contributed by atoms with Crippen LogP contribution in [-0.4, -0.2) is 47.8 Å². The van der Waals surface area contributed by atoms with E-state index in [0.717, 1.165) is 29.0 Å². The third-order valence-electron chi connectivity index (χ3n) is 6.00. The van der Waals surface area contributed by atoms with Gasteiger partial charge in [0.2, 0.25) is 5.91 Å². The molecule has 136 valence electrons. The third-order valence-corrected chi connectivity index (χ3v) is 6.00. The summed E-state index contributed by atoms with van der Waals surface area (Å²) >= 11 is 0. The van der Waals surface area contributed by atoms with E-state index in [4.69, 9.17) is 0 Å². The average Bonchev–Trinajstić information content (AvgIpc) is 3.15. The summed E-state index contributed by atoms with van der Waals surface area (Å²) in [5.74, 6) is 1.13. The van der Waals surface area contributed by atoms with Crippen LogP contribution in [0.2, 0.25) is 0 Å². The molecule has 0 unspecified atom stereocenters. The molecule has 0 N–H and O–H groups in total. The molecule has 1 saturated heterocycles. The second kappa shape index (κ2) is 8.03. The minimum Gasteiger partial charge on any atom is -0.339 e. The first-order chi connectivity index (χ1) is 12.1. The van der Waals surface area contributed by atoms with E-state index >= 15 is 0 Å². The first-order valence-corrected chi connectivity index (χ1v) is 9.69. The number of carbonyl (C=O) groups is 2. The molecule has 3 rings (SSSR count). The molecule has 4 heteroatoms. The van der Waals surface area contributed by atoms with Crippen molar-refractivity contribution in [1.82, 2.24) is 9.80 Å². The first kappa shape index (κ1) is 18.0. The maximum atomic E-state index is 12.8. The number of hydrogen-bond acceptors (Lipinski definition) is 2. The van der Waals surface area contributed by atoms with Gasteiger partial charge in [-0.2, -0.15) is 0 Å². The van der Waals surface area contributed by atoms with E-state index in [1.807, 2.05) is 41.8 Å². The molecule has 1 aliphatic carbocycles. The average molecular weight is 342 g/mol. The number of amides is 2. The number of nitrogens with zero attached hydrogens (tertiary/aromatic N) is 2. The summed E-state index contributed by atoms with van der Waals surface area (Å²) in [5, 5.41) is 0. The molecule has 0 bridgehead atoms. The number of benzene rings is 1. The van der Waals surface area contributed by atoms with Crippen LogP contribution in [0.4, 0.5) is 0 Å². The summed E-state index contributed by atoms with van der Waals surface area (Å²) in [4.78, 5) is 29.0. The van der Waals surface area contributed by atoms with Crippen molar-refractivity contribution in [2.45, 2.75) is 52.4 Å². The zero-order chi connectivity index (χ0) is 17.8. The van der Waals surface area contributed by atoms with Gasteiger partial charge in [-0.15, -0.1) is 0 Å². The van der Waals surface area contributed by atoms with Crippen LogP contribution in [-0.2, 0) is 4.79 Å². The number of carbonyl (C=O) groups excluding carboxylic acids is 2. The molecule has 0 radical (unpaired) electrons. The molecule has 0 aromatic heterocycles. The maximum Gasteiger partial charge on any atom is 0.254 e.